The van der Waals surface area contributed by atoms with Crippen LogP contribution in [0.5, 0.6) is 0 Å². The maximum atomic E-state index is 10.4. The van der Waals surface area contributed by atoms with Crippen molar-refractivity contribution in [1.29, 1.82) is 0 Å². The zero-order chi connectivity index (χ0) is 12.5. The summed E-state index contributed by atoms with van der Waals surface area (Å²) in [5.74, 6) is 0. The Kier molecular flexibility index (Phi) is 2.61. The van der Waals surface area contributed by atoms with Gasteiger partial charge in [0.2, 0.25) is 0 Å². The molecule has 3 heteroatoms. The van der Waals surface area contributed by atoms with E-state index in [1.54, 1.807) is 0 Å². The number of nitrogens with one attached hydrogen (secondary N) is 1. The van der Waals surface area contributed by atoms with Gasteiger partial charge in [-0.3, -0.25) is 0 Å². The van der Waals surface area contributed by atoms with Crippen molar-refractivity contribution in [2.75, 3.05) is 0 Å². The second-order valence-electron chi connectivity index (χ2n) is 4.47. The number of hydrogen-bond acceptors (Lipinski definition) is 2. The van der Waals surface area contributed by atoms with Crippen LogP contribution < -0.4 is 0 Å². The molecule has 18 heavy (non-hydrogen) atoms. The van der Waals surface area contributed by atoms with Gasteiger partial charge < -0.3 is 10.1 Å². The van der Waals surface area contributed by atoms with Crippen LogP contribution in [-0.2, 0) is 0 Å². The number of pyridine rings is 1. The lowest BCUT2D eigenvalue weighted by molar-refractivity contribution is 0.222. The van der Waals surface area contributed by atoms with Crippen molar-refractivity contribution < 1.29 is 5.11 Å². The van der Waals surface area contributed by atoms with E-state index in [1.165, 1.54) is 0 Å². The Morgan fingerprint density at radius 1 is 1.22 bits per heavy atom. The number of H-pyrrole nitrogens is 1. The van der Waals surface area contributed by atoms with Crippen molar-refractivity contribution in [2.24, 2.45) is 0 Å². The highest BCUT2D eigenvalue weighted by molar-refractivity contribution is 5.81. The van der Waals surface area contributed by atoms with Crippen LogP contribution >= 0.6 is 0 Å². The zero-order valence-electron chi connectivity index (χ0n) is 10.1. The molecule has 0 aliphatic heterocycles. The molecule has 0 radical (unpaired) electrons. The lowest BCUT2D eigenvalue weighted by atomic mass is 10.0. The van der Waals surface area contributed by atoms with Gasteiger partial charge in [-0.1, -0.05) is 30.3 Å². The van der Waals surface area contributed by atoms with Crippen molar-refractivity contribution in [2.45, 2.75) is 13.0 Å². The van der Waals surface area contributed by atoms with E-state index in [0.29, 0.717) is 0 Å². The smallest absolute Gasteiger partial charge is 0.137 e. The summed E-state index contributed by atoms with van der Waals surface area (Å²) in [5.41, 5.74) is 3.65. The summed E-state index contributed by atoms with van der Waals surface area (Å²) in [6, 6.07) is 11.7. The first-order valence-corrected chi connectivity index (χ1v) is 5.92. The van der Waals surface area contributed by atoms with Crippen molar-refractivity contribution >= 4 is 11.0 Å². The van der Waals surface area contributed by atoms with E-state index in [4.69, 9.17) is 0 Å². The van der Waals surface area contributed by atoms with Gasteiger partial charge in [-0.05, 0) is 24.1 Å². The Bertz CT molecular complexity index is 673. The third-order valence-corrected chi connectivity index (χ3v) is 3.11. The van der Waals surface area contributed by atoms with Gasteiger partial charge in [-0.25, -0.2) is 4.98 Å². The Morgan fingerprint density at radius 3 is 2.78 bits per heavy atom. The molecule has 0 spiro atoms. The van der Waals surface area contributed by atoms with Gasteiger partial charge in [0.25, 0.3) is 0 Å². The van der Waals surface area contributed by atoms with Gasteiger partial charge in [0.05, 0.1) is 0 Å². The lowest BCUT2D eigenvalue weighted by Crippen LogP contribution is -1.98. The molecule has 0 fully saturated rings. The third-order valence-electron chi connectivity index (χ3n) is 3.11. The number of aliphatic hydroxyl groups excluding tert-OH is 1. The maximum absolute atomic E-state index is 10.4. The Morgan fingerprint density at radius 2 is 2.00 bits per heavy atom. The maximum Gasteiger partial charge on any atom is 0.137 e. The van der Waals surface area contributed by atoms with Gasteiger partial charge in [0.1, 0.15) is 11.8 Å². The number of aryl methyl sites for hydroxylation is 1. The normalized spacial score (nSPS) is 12.8. The van der Waals surface area contributed by atoms with Crippen LogP contribution in [0.2, 0.25) is 0 Å². The number of aromatic nitrogens is 2. The molecule has 2 aromatic heterocycles. The number of aliphatic hydroxyl groups is 1. The molecule has 1 atom stereocenters. The molecule has 1 aromatic carbocycles. The molecular formula is C15H14N2O. The van der Waals surface area contributed by atoms with Crippen LogP contribution in [0.4, 0.5) is 0 Å². The molecule has 90 valence electrons. The highest BCUT2D eigenvalue weighted by atomic mass is 16.3. The molecule has 0 aliphatic rings. The molecule has 0 aliphatic carbocycles. The molecule has 2 N–H and O–H groups in total. The van der Waals surface area contributed by atoms with E-state index in [-0.39, 0.29) is 0 Å². The largest absolute Gasteiger partial charge is 0.384 e. The highest BCUT2D eigenvalue weighted by Gasteiger charge is 2.15. The van der Waals surface area contributed by atoms with Gasteiger partial charge in [0.15, 0.2) is 0 Å². The van der Waals surface area contributed by atoms with Crippen LogP contribution in [0, 0.1) is 6.92 Å². The van der Waals surface area contributed by atoms with Gasteiger partial charge in [0, 0.05) is 23.3 Å². The summed E-state index contributed by atoms with van der Waals surface area (Å²) in [6.45, 7) is 2.00. The summed E-state index contributed by atoms with van der Waals surface area (Å²) < 4.78 is 0. The molecule has 0 bridgehead atoms. The van der Waals surface area contributed by atoms with E-state index >= 15 is 0 Å². The molecule has 3 nitrogen and oxygen atoms in total. The number of benzene rings is 1. The summed E-state index contributed by atoms with van der Waals surface area (Å²) in [4.78, 5) is 7.41. The molecule has 3 aromatic rings. The SMILES string of the molecule is Cc1cnc2[nH]cc(C(O)c3ccccc3)c2c1. The minimum atomic E-state index is -0.622. The molecule has 0 amide bonds. The highest BCUT2D eigenvalue weighted by Crippen LogP contribution is 2.28. The van der Waals surface area contributed by atoms with Crippen molar-refractivity contribution in [3.05, 3.63) is 65.5 Å². The van der Waals surface area contributed by atoms with E-state index in [2.05, 4.69) is 9.97 Å². The van der Waals surface area contributed by atoms with Gasteiger partial charge >= 0.3 is 0 Å². The standard InChI is InChI=1S/C15H14N2O/c1-10-7-12-13(9-17-15(12)16-8-10)14(18)11-5-3-2-4-6-11/h2-9,14,18H,1H3,(H,16,17). The average molecular weight is 238 g/mol. The van der Waals surface area contributed by atoms with E-state index in [1.807, 2.05) is 55.7 Å². The number of aromatic amines is 1. The van der Waals surface area contributed by atoms with Crippen LogP contribution in [0.15, 0.2) is 48.8 Å². The molecule has 0 saturated heterocycles. The number of nitrogens with zero attached hydrogens (tertiary/aromatic N) is 1. The number of hydrogen-bond donors (Lipinski definition) is 2. The van der Waals surface area contributed by atoms with Crippen molar-refractivity contribution in [1.82, 2.24) is 9.97 Å². The second-order valence-corrected chi connectivity index (χ2v) is 4.47. The molecule has 3 rings (SSSR count). The zero-order valence-corrected chi connectivity index (χ0v) is 10.1. The predicted octanol–water partition coefficient (Wildman–Crippen LogP) is 2.95. The minimum Gasteiger partial charge on any atom is -0.384 e. The predicted molar refractivity (Wildman–Crippen MR) is 71.3 cm³/mol. The summed E-state index contributed by atoms with van der Waals surface area (Å²) in [5, 5.41) is 11.4. The Balaban J connectivity index is 2.12. The van der Waals surface area contributed by atoms with E-state index in [0.717, 1.165) is 27.7 Å². The van der Waals surface area contributed by atoms with Crippen LogP contribution in [0.1, 0.15) is 22.8 Å². The van der Waals surface area contributed by atoms with Gasteiger partial charge in [-0.15, -0.1) is 0 Å². The van der Waals surface area contributed by atoms with Crippen LogP contribution in [-0.4, -0.2) is 15.1 Å². The van der Waals surface area contributed by atoms with E-state index in [9.17, 15) is 5.11 Å². The molecule has 1 unspecified atom stereocenters. The molecular weight excluding hydrogens is 224 g/mol. The number of rotatable bonds is 2. The van der Waals surface area contributed by atoms with Crippen LogP contribution in [0.25, 0.3) is 11.0 Å². The Labute approximate surface area is 105 Å². The minimum absolute atomic E-state index is 0.622. The summed E-state index contributed by atoms with van der Waals surface area (Å²) >= 11 is 0. The monoisotopic (exact) mass is 238 g/mol. The second kappa shape index (κ2) is 4.27. The van der Waals surface area contributed by atoms with E-state index < -0.39 is 6.10 Å². The first-order chi connectivity index (χ1) is 8.75. The average Bonchev–Trinajstić information content (AvgIpc) is 2.82. The fraction of sp³-hybridized carbons (Fsp3) is 0.133. The van der Waals surface area contributed by atoms with Crippen molar-refractivity contribution in [3.63, 3.8) is 0 Å². The number of fused-ring (bicyclic) bond motifs is 1. The molecule has 0 saturated carbocycles. The van der Waals surface area contributed by atoms with Crippen molar-refractivity contribution in [3.8, 4) is 0 Å². The fourth-order valence-corrected chi connectivity index (χ4v) is 2.17. The first-order valence-electron chi connectivity index (χ1n) is 5.92. The van der Waals surface area contributed by atoms with Crippen LogP contribution in [0.3, 0.4) is 0 Å². The van der Waals surface area contributed by atoms with Gasteiger partial charge in [-0.2, -0.15) is 0 Å². The summed E-state index contributed by atoms with van der Waals surface area (Å²) in [7, 11) is 0. The Hall–Kier alpha value is -2.13. The first kappa shape index (κ1) is 11.0. The molecule has 2 heterocycles. The lowest BCUT2D eigenvalue weighted by Gasteiger charge is -2.09. The quantitative estimate of drug-likeness (QED) is 0.721. The topological polar surface area (TPSA) is 48.9 Å². The third kappa shape index (κ3) is 1.79. The summed E-state index contributed by atoms with van der Waals surface area (Å²) in [6.07, 6.45) is 3.02. The fourth-order valence-electron chi connectivity index (χ4n) is 2.17.